The Morgan fingerprint density at radius 1 is 1.14 bits per heavy atom. The molecule has 2 nitrogen and oxygen atoms in total. The molecular weight excluding hydrogens is 352 g/mol. The normalized spacial score (nSPS) is 13.3. The van der Waals surface area contributed by atoms with Crippen LogP contribution in [0, 0.1) is 25.7 Å². The van der Waals surface area contributed by atoms with E-state index in [1.807, 2.05) is 13.8 Å². The molecule has 0 saturated carbocycles. The first kappa shape index (κ1) is 26.8. The predicted molar refractivity (Wildman–Crippen MR) is 132 cm³/mol. The Morgan fingerprint density at radius 2 is 1.83 bits per heavy atom. The molecule has 2 unspecified atom stereocenters. The second kappa shape index (κ2) is 15.7. The first-order valence-electron chi connectivity index (χ1n) is 11.1. The monoisotopic (exact) mass is 394 g/mol. The van der Waals surface area contributed by atoms with Crippen molar-refractivity contribution in [1.82, 2.24) is 9.88 Å². The minimum Gasteiger partial charge on any atom is -0.340 e. The van der Waals surface area contributed by atoms with E-state index < -0.39 is 0 Å². The van der Waals surface area contributed by atoms with E-state index in [9.17, 15) is 0 Å². The van der Waals surface area contributed by atoms with Crippen LogP contribution in [-0.4, -0.2) is 17.7 Å². The summed E-state index contributed by atoms with van der Waals surface area (Å²) in [6.45, 7) is 17.2. The standard InChI is InChI=1S/C23H34N2.C2H6.C2H2/c1-6-9-10-11-20(7-2)23(19(5)17-24-8-3)25-15-14-21-16-18(4)12-13-22(21)25;2*1-2/h9-16,19,23-24H,6-8,17H2,1-5H3;1-2H3;1-2H/b10-9-,20-11+;;. The number of aromatic nitrogens is 1. The van der Waals surface area contributed by atoms with Crippen molar-refractivity contribution in [2.24, 2.45) is 5.92 Å². The third-order valence-corrected chi connectivity index (χ3v) is 4.90. The molecule has 1 N–H and O–H groups in total. The second-order valence-corrected chi connectivity index (χ2v) is 6.95. The lowest BCUT2D eigenvalue weighted by Gasteiger charge is -2.29. The molecule has 2 atom stereocenters. The van der Waals surface area contributed by atoms with Gasteiger partial charge in [0.2, 0.25) is 0 Å². The Balaban J connectivity index is 0.00000184. The molecule has 0 saturated heterocycles. The zero-order chi connectivity index (χ0) is 22.2. The van der Waals surface area contributed by atoms with Gasteiger partial charge < -0.3 is 9.88 Å². The van der Waals surface area contributed by atoms with Crippen molar-refractivity contribution in [3.63, 3.8) is 0 Å². The van der Waals surface area contributed by atoms with Gasteiger partial charge in [0, 0.05) is 11.7 Å². The van der Waals surface area contributed by atoms with Crippen molar-refractivity contribution in [1.29, 1.82) is 0 Å². The van der Waals surface area contributed by atoms with Gasteiger partial charge in [-0.15, -0.1) is 12.8 Å². The van der Waals surface area contributed by atoms with Crippen molar-refractivity contribution in [3.05, 3.63) is 59.8 Å². The van der Waals surface area contributed by atoms with Gasteiger partial charge in [-0.25, -0.2) is 0 Å². The molecule has 2 aromatic rings. The van der Waals surface area contributed by atoms with E-state index in [0.717, 1.165) is 25.9 Å². The van der Waals surface area contributed by atoms with E-state index in [-0.39, 0.29) is 0 Å². The molecule has 0 aliphatic heterocycles. The number of rotatable bonds is 9. The van der Waals surface area contributed by atoms with Crippen LogP contribution in [0.3, 0.4) is 0 Å². The van der Waals surface area contributed by atoms with Crippen LogP contribution in [0.25, 0.3) is 10.9 Å². The zero-order valence-electron chi connectivity index (χ0n) is 19.7. The van der Waals surface area contributed by atoms with Gasteiger partial charge in [-0.3, -0.25) is 0 Å². The summed E-state index contributed by atoms with van der Waals surface area (Å²) < 4.78 is 2.48. The summed E-state index contributed by atoms with van der Waals surface area (Å²) in [6, 6.07) is 9.41. The molecule has 2 heteroatoms. The van der Waals surface area contributed by atoms with Crippen LogP contribution in [0.15, 0.2) is 54.3 Å². The van der Waals surface area contributed by atoms with Gasteiger partial charge in [-0.05, 0) is 67.9 Å². The third kappa shape index (κ3) is 7.95. The lowest BCUT2D eigenvalue weighted by atomic mass is 9.91. The van der Waals surface area contributed by atoms with Crippen molar-refractivity contribution in [3.8, 4) is 12.8 Å². The summed E-state index contributed by atoms with van der Waals surface area (Å²) in [5, 5.41) is 4.87. The summed E-state index contributed by atoms with van der Waals surface area (Å²) >= 11 is 0. The average molecular weight is 395 g/mol. The molecular formula is C27H42N2. The number of benzene rings is 1. The number of aryl methyl sites for hydroxylation is 1. The molecule has 0 bridgehead atoms. The number of nitrogens with zero attached hydrogens (tertiary/aromatic N) is 1. The maximum atomic E-state index is 4.00. The maximum absolute atomic E-state index is 4.00. The minimum absolute atomic E-state index is 0.380. The van der Waals surface area contributed by atoms with Crippen LogP contribution in [-0.2, 0) is 0 Å². The topological polar surface area (TPSA) is 17.0 Å². The Labute approximate surface area is 180 Å². The first-order valence-corrected chi connectivity index (χ1v) is 11.1. The Kier molecular flexibility index (Phi) is 14.4. The lowest BCUT2D eigenvalue weighted by Crippen LogP contribution is -2.29. The van der Waals surface area contributed by atoms with Crippen molar-refractivity contribution in [2.75, 3.05) is 13.1 Å². The molecule has 1 aromatic heterocycles. The molecule has 2 rings (SSSR count). The highest BCUT2D eigenvalue weighted by atomic mass is 15.0. The molecule has 29 heavy (non-hydrogen) atoms. The molecule has 0 fully saturated rings. The minimum atomic E-state index is 0.380. The molecule has 0 radical (unpaired) electrons. The third-order valence-electron chi connectivity index (χ3n) is 4.90. The van der Waals surface area contributed by atoms with Crippen LogP contribution in [0.4, 0.5) is 0 Å². The van der Waals surface area contributed by atoms with E-state index in [4.69, 9.17) is 0 Å². The van der Waals surface area contributed by atoms with Crippen LogP contribution in [0.5, 0.6) is 0 Å². The van der Waals surface area contributed by atoms with Gasteiger partial charge in [0.05, 0.1) is 6.04 Å². The van der Waals surface area contributed by atoms with Gasteiger partial charge in [0.1, 0.15) is 0 Å². The van der Waals surface area contributed by atoms with E-state index >= 15 is 0 Å². The van der Waals surface area contributed by atoms with Crippen molar-refractivity contribution >= 4 is 10.9 Å². The second-order valence-electron chi connectivity index (χ2n) is 6.95. The van der Waals surface area contributed by atoms with E-state index in [1.165, 1.54) is 22.0 Å². The number of hydrogen-bond acceptors (Lipinski definition) is 1. The fourth-order valence-electron chi connectivity index (χ4n) is 3.58. The highest BCUT2D eigenvalue weighted by molar-refractivity contribution is 5.81. The lowest BCUT2D eigenvalue weighted by molar-refractivity contribution is 0.383. The number of fused-ring (bicyclic) bond motifs is 1. The van der Waals surface area contributed by atoms with Gasteiger partial charge in [0.15, 0.2) is 0 Å². The van der Waals surface area contributed by atoms with Crippen LogP contribution >= 0.6 is 0 Å². The summed E-state index contributed by atoms with van der Waals surface area (Å²) in [5.41, 5.74) is 4.14. The average Bonchev–Trinajstić information content (AvgIpc) is 3.16. The Morgan fingerprint density at radius 3 is 2.41 bits per heavy atom. The molecule has 160 valence electrons. The summed E-state index contributed by atoms with van der Waals surface area (Å²) in [6.07, 6.45) is 19.2. The number of hydrogen-bond donors (Lipinski definition) is 1. The highest BCUT2D eigenvalue weighted by Gasteiger charge is 2.23. The quantitative estimate of drug-likeness (QED) is 0.348. The Bertz CT molecular complexity index is 761. The zero-order valence-corrected chi connectivity index (χ0v) is 19.7. The molecule has 1 aromatic carbocycles. The smallest absolute Gasteiger partial charge is 0.0586 e. The van der Waals surface area contributed by atoms with E-state index in [0.29, 0.717) is 12.0 Å². The largest absolute Gasteiger partial charge is 0.340 e. The van der Waals surface area contributed by atoms with Gasteiger partial charge in [0.25, 0.3) is 0 Å². The summed E-state index contributed by atoms with van der Waals surface area (Å²) in [4.78, 5) is 0. The van der Waals surface area contributed by atoms with Crippen molar-refractivity contribution in [2.45, 2.75) is 67.3 Å². The fraction of sp³-hybridized carbons (Fsp3) is 0.481. The van der Waals surface area contributed by atoms with Crippen molar-refractivity contribution < 1.29 is 0 Å². The number of nitrogens with one attached hydrogen (secondary N) is 1. The van der Waals surface area contributed by atoms with Crippen LogP contribution in [0.1, 0.15) is 66.0 Å². The van der Waals surface area contributed by atoms with Crippen LogP contribution in [0.2, 0.25) is 0 Å². The first-order chi connectivity index (χ1) is 14.1. The molecule has 0 aliphatic carbocycles. The summed E-state index contributed by atoms with van der Waals surface area (Å²) in [5.74, 6) is 0.526. The molecule has 0 amide bonds. The van der Waals surface area contributed by atoms with E-state index in [1.54, 1.807) is 0 Å². The fourth-order valence-corrected chi connectivity index (χ4v) is 3.58. The number of allylic oxidation sites excluding steroid dienone is 4. The summed E-state index contributed by atoms with van der Waals surface area (Å²) in [7, 11) is 0. The SMILES string of the molecule is C#C.CC.CC/C=C\C=C(/CC)C(C(C)CNCC)n1ccc2cc(C)ccc21. The number of terminal acetylenes is 1. The molecule has 0 spiro atoms. The van der Waals surface area contributed by atoms with Gasteiger partial charge in [-0.1, -0.05) is 71.4 Å². The highest BCUT2D eigenvalue weighted by Crippen LogP contribution is 2.33. The van der Waals surface area contributed by atoms with Gasteiger partial charge >= 0.3 is 0 Å². The molecule has 0 aliphatic rings. The Hall–Kier alpha value is -2.24. The molecule has 1 heterocycles. The maximum Gasteiger partial charge on any atom is 0.0586 e. The van der Waals surface area contributed by atoms with Crippen LogP contribution < -0.4 is 5.32 Å². The predicted octanol–water partition coefficient (Wildman–Crippen LogP) is 7.31. The van der Waals surface area contributed by atoms with Gasteiger partial charge in [-0.2, -0.15) is 0 Å². The van der Waals surface area contributed by atoms with E-state index in [2.05, 4.69) is 106 Å².